The standard InChI is InChI=1S/C26H32N2O3/c29-23(28-13-3-6-18-19(25(30)31)5-2-8-22(18)28)14-26(11-12-26)20-15-27-21-7-1-4-17(24(20)21)16-9-10-16/h1,4,7,15-16,18-19,22,27H,2-3,5-6,8-14H2,(H,30,31). The lowest BCUT2D eigenvalue weighted by Gasteiger charge is -2.46. The van der Waals surface area contributed by atoms with Gasteiger partial charge >= 0.3 is 5.97 Å². The third-order valence-electron chi connectivity index (χ3n) is 8.67. The lowest BCUT2D eigenvalue weighted by atomic mass is 9.71. The molecule has 1 saturated heterocycles. The van der Waals surface area contributed by atoms with Crippen LogP contribution in [0, 0.1) is 11.8 Å². The number of carboxylic acids is 1. The Labute approximate surface area is 183 Å². The molecule has 2 heterocycles. The van der Waals surface area contributed by atoms with Gasteiger partial charge in [-0.05, 0) is 80.4 Å². The number of piperidine rings is 1. The van der Waals surface area contributed by atoms with Crippen LogP contribution in [0.4, 0.5) is 0 Å². The number of carboxylic acid groups (broad SMARTS) is 1. The topological polar surface area (TPSA) is 73.4 Å². The molecular weight excluding hydrogens is 388 g/mol. The molecule has 5 nitrogen and oxygen atoms in total. The maximum absolute atomic E-state index is 13.6. The van der Waals surface area contributed by atoms with Crippen LogP contribution in [0.5, 0.6) is 0 Å². The highest BCUT2D eigenvalue weighted by molar-refractivity contribution is 5.90. The van der Waals surface area contributed by atoms with Crippen molar-refractivity contribution in [1.82, 2.24) is 9.88 Å². The molecule has 2 N–H and O–H groups in total. The summed E-state index contributed by atoms with van der Waals surface area (Å²) in [5.74, 6) is 0.112. The molecule has 1 aromatic carbocycles. The molecule has 4 aliphatic rings. The number of hydrogen-bond acceptors (Lipinski definition) is 2. The maximum atomic E-state index is 13.6. The number of benzene rings is 1. The number of amides is 1. The molecule has 31 heavy (non-hydrogen) atoms. The van der Waals surface area contributed by atoms with E-state index < -0.39 is 5.97 Å². The van der Waals surface area contributed by atoms with Gasteiger partial charge in [0.05, 0.1) is 5.92 Å². The van der Waals surface area contributed by atoms with E-state index in [1.165, 1.54) is 34.9 Å². The number of nitrogens with zero attached hydrogens (tertiary/aromatic N) is 1. The van der Waals surface area contributed by atoms with Crippen molar-refractivity contribution in [2.45, 2.75) is 81.6 Å². The second-order valence-corrected chi connectivity index (χ2v) is 10.5. The number of H-pyrrole nitrogens is 1. The van der Waals surface area contributed by atoms with E-state index in [-0.39, 0.29) is 29.2 Å². The zero-order valence-corrected chi connectivity index (χ0v) is 18.1. The quantitative estimate of drug-likeness (QED) is 0.718. The number of aromatic nitrogens is 1. The summed E-state index contributed by atoms with van der Waals surface area (Å²) in [5.41, 5.74) is 3.97. The van der Waals surface area contributed by atoms with Gasteiger partial charge in [-0.15, -0.1) is 0 Å². The molecule has 3 saturated carbocycles. The first kappa shape index (κ1) is 19.4. The first-order valence-electron chi connectivity index (χ1n) is 12.2. The SMILES string of the molecule is O=C(O)C1CCCC2C1CCCN2C(=O)CC1(c2c[nH]c3cccc(C4CC4)c23)CC1. The van der Waals surface area contributed by atoms with Crippen LogP contribution in [-0.2, 0) is 15.0 Å². The highest BCUT2D eigenvalue weighted by Crippen LogP contribution is 2.56. The first-order chi connectivity index (χ1) is 15.1. The van der Waals surface area contributed by atoms with Crippen LogP contribution in [0.25, 0.3) is 10.9 Å². The van der Waals surface area contributed by atoms with Gasteiger partial charge in [-0.2, -0.15) is 0 Å². The van der Waals surface area contributed by atoms with Gasteiger partial charge in [0.2, 0.25) is 5.91 Å². The maximum Gasteiger partial charge on any atom is 0.306 e. The van der Waals surface area contributed by atoms with Crippen molar-refractivity contribution in [2.24, 2.45) is 11.8 Å². The van der Waals surface area contributed by atoms with E-state index >= 15 is 0 Å². The Morgan fingerprint density at radius 1 is 1.10 bits per heavy atom. The van der Waals surface area contributed by atoms with Gasteiger partial charge in [0, 0.05) is 41.5 Å². The van der Waals surface area contributed by atoms with Crippen LogP contribution in [0.3, 0.4) is 0 Å². The molecular formula is C26H32N2O3. The minimum atomic E-state index is -0.672. The normalized spacial score (nSPS) is 29.5. The number of likely N-dealkylation sites (tertiary alicyclic amines) is 1. The average Bonchev–Trinajstić information content (AvgIpc) is 3.71. The Morgan fingerprint density at radius 2 is 1.94 bits per heavy atom. The van der Waals surface area contributed by atoms with Crippen LogP contribution in [-0.4, -0.2) is 39.5 Å². The van der Waals surface area contributed by atoms with Crippen molar-refractivity contribution in [3.8, 4) is 0 Å². The molecule has 1 aliphatic heterocycles. The zero-order chi connectivity index (χ0) is 21.2. The van der Waals surface area contributed by atoms with E-state index in [0.717, 1.165) is 51.5 Å². The summed E-state index contributed by atoms with van der Waals surface area (Å²) in [6, 6.07) is 6.71. The first-order valence-corrected chi connectivity index (χ1v) is 12.2. The molecule has 3 aliphatic carbocycles. The molecule has 6 rings (SSSR count). The zero-order valence-electron chi connectivity index (χ0n) is 18.1. The summed E-state index contributed by atoms with van der Waals surface area (Å²) in [6.45, 7) is 0.795. The molecule has 3 atom stereocenters. The van der Waals surface area contributed by atoms with Gasteiger partial charge in [0.1, 0.15) is 0 Å². The van der Waals surface area contributed by atoms with E-state index in [1.807, 2.05) is 0 Å². The van der Waals surface area contributed by atoms with Crippen LogP contribution in [0.1, 0.15) is 81.3 Å². The summed E-state index contributed by atoms with van der Waals surface area (Å²) in [6.07, 6.45) is 12.0. The van der Waals surface area contributed by atoms with Crippen molar-refractivity contribution >= 4 is 22.8 Å². The summed E-state index contributed by atoms with van der Waals surface area (Å²) in [4.78, 5) is 31.0. The third kappa shape index (κ3) is 3.19. The van der Waals surface area contributed by atoms with E-state index in [9.17, 15) is 14.7 Å². The number of aromatic amines is 1. The van der Waals surface area contributed by atoms with E-state index in [2.05, 4.69) is 34.3 Å². The Kier molecular flexibility index (Phi) is 4.45. The van der Waals surface area contributed by atoms with Crippen molar-refractivity contribution in [3.05, 3.63) is 35.5 Å². The van der Waals surface area contributed by atoms with Crippen LogP contribution >= 0.6 is 0 Å². The Hall–Kier alpha value is -2.30. The highest BCUT2D eigenvalue weighted by atomic mass is 16.4. The number of aliphatic carboxylic acids is 1. The molecule has 3 unspecified atom stereocenters. The molecule has 5 heteroatoms. The van der Waals surface area contributed by atoms with E-state index in [1.54, 1.807) is 0 Å². The predicted molar refractivity (Wildman–Crippen MR) is 119 cm³/mol. The lowest BCUT2D eigenvalue weighted by molar-refractivity contribution is -0.152. The van der Waals surface area contributed by atoms with Crippen molar-refractivity contribution in [1.29, 1.82) is 0 Å². The van der Waals surface area contributed by atoms with Crippen molar-refractivity contribution in [3.63, 3.8) is 0 Å². The average molecular weight is 421 g/mol. The van der Waals surface area contributed by atoms with Gasteiger partial charge in [-0.25, -0.2) is 0 Å². The van der Waals surface area contributed by atoms with Gasteiger partial charge in [0.25, 0.3) is 0 Å². The molecule has 0 bridgehead atoms. The van der Waals surface area contributed by atoms with Gasteiger partial charge in [0.15, 0.2) is 0 Å². The molecule has 0 radical (unpaired) electrons. The number of carbonyl (C=O) groups excluding carboxylic acids is 1. The Balaban J connectivity index is 1.27. The smallest absolute Gasteiger partial charge is 0.306 e. The lowest BCUT2D eigenvalue weighted by Crippen LogP contribution is -2.53. The summed E-state index contributed by atoms with van der Waals surface area (Å²) >= 11 is 0. The summed E-state index contributed by atoms with van der Waals surface area (Å²) < 4.78 is 0. The van der Waals surface area contributed by atoms with E-state index in [4.69, 9.17) is 0 Å². The number of nitrogens with one attached hydrogen (secondary N) is 1. The summed E-state index contributed by atoms with van der Waals surface area (Å²) in [7, 11) is 0. The molecule has 0 spiro atoms. The number of carbonyl (C=O) groups is 2. The molecule has 1 amide bonds. The fourth-order valence-corrected chi connectivity index (χ4v) is 6.75. The van der Waals surface area contributed by atoms with Crippen molar-refractivity contribution < 1.29 is 14.7 Å². The van der Waals surface area contributed by atoms with Crippen molar-refractivity contribution in [2.75, 3.05) is 6.54 Å². The fourth-order valence-electron chi connectivity index (χ4n) is 6.75. The van der Waals surface area contributed by atoms with Gasteiger partial charge in [-0.3, -0.25) is 9.59 Å². The molecule has 4 fully saturated rings. The third-order valence-corrected chi connectivity index (χ3v) is 8.67. The summed E-state index contributed by atoms with van der Waals surface area (Å²) in [5, 5.41) is 11.1. The van der Waals surface area contributed by atoms with Crippen LogP contribution < -0.4 is 0 Å². The Morgan fingerprint density at radius 3 is 2.68 bits per heavy atom. The Bertz CT molecular complexity index is 1030. The van der Waals surface area contributed by atoms with Crippen LogP contribution in [0.2, 0.25) is 0 Å². The predicted octanol–water partition coefficient (Wildman–Crippen LogP) is 4.96. The van der Waals surface area contributed by atoms with Gasteiger partial charge in [-0.1, -0.05) is 18.6 Å². The fraction of sp³-hybridized carbons (Fsp3) is 0.615. The second-order valence-electron chi connectivity index (χ2n) is 10.5. The minimum absolute atomic E-state index is 0.0336. The molecule has 2 aromatic rings. The minimum Gasteiger partial charge on any atom is -0.481 e. The second kappa shape index (κ2) is 7.11. The monoisotopic (exact) mass is 420 g/mol. The molecule has 164 valence electrons. The number of rotatable bonds is 5. The number of fused-ring (bicyclic) bond motifs is 2. The molecule has 1 aromatic heterocycles. The van der Waals surface area contributed by atoms with E-state index in [0.29, 0.717) is 12.3 Å². The number of hydrogen-bond donors (Lipinski definition) is 2. The highest BCUT2D eigenvalue weighted by Gasteiger charge is 2.50. The largest absolute Gasteiger partial charge is 0.481 e. The van der Waals surface area contributed by atoms with Crippen LogP contribution in [0.15, 0.2) is 24.4 Å². The van der Waals surface area contributed by atoms with Gasteiger partial charge < -0.3 is 15.0 Å².